The number of benzene rings is 2. The number of amides is 1. The van der Waals surface area contributed by atoms with Crippen LogP contribution in [0, 0.1) is 18.7 Å². The number of carbonyl (C=O) groups excluding carboxylic acids is 1. The molecule has 1 aromatic heterocycles. The zero-order valence-corrected chi connectivity index (χ0v) is 20.7. The van der Waals surface area contributed by atoms with Crippen LogP contribution in [-0.2, 0) is 21.2 Å². The van der Waals surface area contributed by atoms with Crippen LogP contribution in [0.3, 0.4) is 0 Å². The molecule has 1 heterocycles. The number of aromatic nitrogens is 1. The summed E-state index contributed by atoms with van der Waals surface area (Å²) >= 11 is 4.80. The Kier molecular flexibility index (Phi) is 7.81. The smallest absolute Gasteiger partial charge is 0.241 e. The van der Waals surface area contributed by atoms with Crippen molar-refractivity contribution in [3.05, 3.63) is 68.7 Å². The van der Waals surface area contributed by atoms with Crippen molar-refractivity contribution in [3.63, 3.8) is 0 Å². The lowest BCUT2D eigenvalue weighted by atomic mass is 9.99. The third-order valence-corrected chi connectivity index (χ3v) is 7.91. The van der Waals surface area contributed by atoms with Crippen molar-refractivity contribution >= 4 is 43.2 Å². The van der Waals surface area contributed by atoms with Gasteiger partial charge < -0.3 is 5.73 Å². The van der Waals surface area contributed by atoms with E-state index in [1.54, 1.807) is 18.2 Å². The van der Waals surface area contributed by atoms with Gasteiger partial charge in [-0.1, -0.05) is 24.6 Å². The molecule has 1 amide bonds. The minimum absolute atomic E-state index is 0.0659. The Bertz CT molecular complexity index is 1210. The van der Waals surface area contributed by atoms with Gasteiger partial charge in [-0.15, -0.1) is 11.3 Å². The highest BCUT2D eigenvalue weighted by molar-refractivity contribution is 9.10. The number of carbonyl (C=O) groups is 1. The number of hydrogen-bond acceptors (Lipinski definition) is 5. The van der Waals surface area contributed by atoms with Crippen LogP contribution in [0.2, 0.25) is 0 Å². The molecule has 0 aliphatic rings. The monoisotopic (exact) mass is 539 g/mol. The quantitative estimate of drug-likeness (QED) is 0.420. The Hall–Kier alpha value is -2.14. The lowest BCUT2D eigenvalue weighted by Gasteiger charge is -2.19. The molecular formula is C22H23BrFN3O3S2. The van der Waals surface area contributed by atoms with E-state index in [0.717, 1.165) is 21.8 Å². The maximum Gasteiger partial charge on any atom is 0.241 e. The Morgan fingerprint density at radius 3 is 2.56 bits per heavy atom. The van der Waals surface area contributed by atoms with Crippen LogP contribution in [0.15, 0.2) is 57.2 Å². The van der Waals surface area contributed by atoms with E-state index in [-0.39, 0.29) is 23.1 Å². The number of nitrogens with one attached hydrogen (secondary N) is 1. The molecule has 2 aromatic carbocycles. The highest BCUT2D eigenvalue weighted by Crippen LogP contribution is 2.30. The molecule has 0 radical (unpaired) electrons. The van der Waals surface area contributed by atoms with Crippen molar-refractivity contribution in [2.45, 2.75) is 37.6 Å². The summed E-state index contributed by atoms with van der Waals surface area (Å²) in [4.78, 5) is 16.6. The van der Waals surface area contributed by atoms with Crippen molar-refractivity contribution in [1.82, 2.24) is 9.71 Å². The molecule has 3 rings (SSSR count). The van der Waals surface area contributed by atoms with Gasteiger partial charge in [0.05, 0.1) is 15.6 Å². The zero-order chi connectivity index (χ0) is 23.5. The number of primary amides is 1. The van der Waals surface area contributed by atoms with E-state index in [4.69, 9.17) is 5.73 Å². The summed E-state index contributed by atoms with van der Waals surface area (Å²) in [5.41, 5.74) is 7.91. The van der Waals surface area contributed by atoms with Gasteiger partial charge in [-0.2, -0.15) is 4.72 Å². The van der Waals surface area contributed by atoms with Gasteiger partial charge in [-0.25, -0.2) is 17.8 Å². The molecule has 170 valence electrons. The summed E-state index contributed by atoms with van der Waals surface area (Å²) in [6.45, 7) is 3.77. The van der Waals surface area contributed by atoms with Crippen LogP contribution in [0.1, 0.15) is 23.9 Å². The molecule has 0 fully saturated rings. The molecule has 3 N–H and O–H groups in total. The van der Waals surface area contributed by atoms with Gasteiger partial charge in [0.2, 0.25) is 15.9 Å². The van der Waals surface area contributed by atoms with E-state index in [1.165, 1.54) is 35.6 Å². The molecule has 0 saturated heterocycles. The van der Waals surface area contributed by atoms with Gasteiger partial charge in [-0.3, -0.25) is 4.79 Å². The standard InChI is InChI=1S/C22H23BrFN3O3S2/c1-13-3-6-16(7-4-13)32(29,30)27-19(22(25)28)9-14(2)10-21-26-20(12-31-21)17-8-5-15(24)11-18(17)23/h3-8,11-12,14,19,27H,9-10H2,1-2H3,(H2,25,28). The first-order valence-electron chi connectivity index (χ1n) is 9.83. The van der Waals surface area contributed by atoms with E-state index in [9.17, 15) is 17.6 Å². The van der Waals surface area contributed by atoms with Crippen LogP contribution >= 0.6 is 27.3 Å². The first kappa shape index (κ1) is 24.5. The summed E-state index contributed by atoms with van der Waals surface area (Å²) < 4.78 is 41.7. The van der Waals surface area contributed by atoms with Crippen LogP contribution in [0.25, 0.3) is 11.3 Å². The molecule has 0 bridgehead atoms. The number of thiazole rings is 1. The van der Waals surface area contributed by atoms with E-state index in [2.05, 4.69) is 25.6 Å². The molecule has 2 atom stereocenters. The summed E-state index contributed by atoms with van der Waals surface area (Å²) in [5.74, 6) is -1.14. The molecular weight excluding hydrogens is 517 g/mol. The highest BCUT2D eigenvalue weighted by Gasteiger charge is 2.26. The fourth-order valence-electron chi connectivity index (χ4n) is 3.20. The van der Waals surface area contributed by atoms with Gasteiger partial charge in [0.15, 0.2) is 0 Å². The summed E-state index contributed by atoms with van der Waals surface area (Å²) in [5, 5.41) is 2.71. The average molecular weight is 540 g/mol. The number of hydrogen-bond donors (Lipinski definition) is 2. The molecule has 6 nitrogen and oxygen atoms in total. The number of nitrogens with zero attached hydrogens (tertiary/aromatic N) is 1. The van der Waals surface area contributed by atoms with E-state index in [1.807, 2.05) is 19.2 Å². The Labute approximate surface area is 199 Å². The number of sulfonamides is 1. The van der Waals surface area contributed by atoms with Gasteiger partial charge in [-0.05, 0) is 65.5 Å². The second-order valence-electron chi connectivity index (χ2n) is 7.68. The average Bonchev–Trinajstić information content (AvgIpc) is 3.15. The molecule has 3 aromatic rings. The number of halogens is 2. The third-order valence-electron chi connectivity index (χ3n) is 4.89. The number of aryl methyl sites for hydroxylation is 1. The SMILES string of the molecule is Cc1ccc(S(=O)(=O)NC(CC(C)Cc2nc(-c3ccc(F)cc3Br)cs2)C(N)=O)cc1. The topological polar surface area (TPSA) is 102 Å². The number of nitrogens with two attached hydrogens (primary N) is 1. The third kappa shape index (κ3) is 6.22. The van der Waals surface area contributed by atoms with Crippen molar-refractivity contribution in [2.24, 2.45) is 11.7 Å². The maximum absolute atomic E-state index is 13.3. The molecule has 32 heavy (non-hydrogen) atoms. The summed E-state index contributed by atoms with van der Waals surface area (Å²) in [7, 11) is -3.88. The first-order chi connectivity index (χ1) is 15.0. The number of rotatable bonds is 9. The van der Waals surface area contributed by atoms with Crippen molar-refractivity contribution in [1.29, 1.82) is 0 Å². The largest absolute Gasteiger partial charge is 0.368 e. The van der Waals surface area contributed by atoms with Crippen LogP contribution in [0.5, 0.6) is 0 Å². The van der Waals surface area contributed by atoms with Crippen molar-refractivity contribution in [2.75, 3.05) is 0 Å². The zero-order valence-electron chi connectivity index (χ0n) is 17.5. The van der Waals surface area contributed by atoms with Crippen molar-refractivity contribution < 1.29 is 17.6 Å². The normalized spacial score (nSPS) is 13.6. The minimum Gasteiger partial charge on any atom is -0.368 e. The lowest BCUT2D eigenvalue weighted by Crippen LogP contribution is -2.45. The van der Waals surface area contributed by atoms with E-state index >= 15 is 0 Å². The molecule has 0 aliphatic heterocycles. The molecule has 0 spiro atoms. The lowest BCUT2D eigenvalue weighted by molar-refractivity contribution is -0.120. The second-order valence-corrected chi connectivity index (χ2v) is 11.2. The first-order valence-corrected chi connectivity index (χ1v) is 13.0. The molecule has 2 unspecified atom stereocenters. The fourth-order valence-corrected chi connectivity index (χ4v) is 5.93. The Balaban J connectivity index is 1.68. The van der Waals surface area contributed by atoms with Crippen LogP contribution in [-0.4, -0.2) is 25.4 Å². The predicted octanol–water partition coefficient (Wildman–Crippen LogP) is 4.42. The second kappa shape index (κ2) is 10.2. The van der Waals surface area contributed by atoms with Crippen molar-refractivity contribution in [3.8, 4) is 11.3 Å². The summed E-state index contributed by atoms with van der Waals surface area (Å²) in [6.07, 6.45) is 0.773. The van der Waals surface area contributed by atoms with Gasteiger partial charge in [0.25, 0.3) is 0 Å². The van der Waals surface area contributed by atoms with Crippen LogP contribution < -0.4 is 10.5 Å². The van der Waals surface area contributed by atoms with E-state index < -0.39 is 22.0 Å². The fraction of sp³-hybridized carbons (Fsp3) is 0.273. The van der Waals surface area contributed by atoms with Gasteiger partial charge in [0, 0.05) is 21.8 Å². The molecule has 0 saturated carbocycles. The minimum atomic E-state index is -3.88. The van der Waals surface area contributed by atoms with Crippen LogP contribution in [0.4, 0.5) is 4.39 Å². The molecule has 10 heteroatoms. The Morgan fingerprint density at radius 1 is 1.25 bits per heavy atom. The molecule has 0 aliphatic carbocycles. The summed E-state index contributed by atoms with van der Waals surface area (Å²) in [6, 6.07) is 9.74. The highest BCUT2D eigenvalue weighted by atomic mass is 79.9. The van der Waals surface area contributed by atoms with E-state index in [0.29, 0.717) is 10.9 Å². The maximum atomic E-state index is 13.3. The van der Waals surface area contributed by atoms with Gasteiger partial charge >= 0.3 is 0 Å². The predicted molar refractivity (Wildman–Crippen MR) is 127 cm³/mol. The Morgan fingerprint density at radius 2 is 1.94 bits per heavy atom. The van der Waals surface area contributed by atoms with Gasteiger partial charge in [0.1, 0.15) is 11.9 Å².